The van der Waals surface area contributed by atoms with Crippen LogP contribution in [0.25, 0.3) is 0 Å². The van der Waals surface area contributed by atoms with Gasteiger partial charge in [0, 0.05) is 24.7 Å². The van der Waals surface area contributed by atoms with Crippen LogP contribution in [0, 0.1) is 0 Å². The number of rotatable bonds is 6. The van der Waals surface area contributed by atoms with Gasteiger partial charge in [0.25, 0.3) is 5.91 Å². The third kappa shape index (κ3) is 5.53. The molecule has 1 aliphatic carbocycles. The number of anilines is 1. The lowest BCUT2D eigenvalue weighted by Gasteiger charge is -2.09. The standard InChI is InChI=1S/C14H18ClN3O2.ClH/c1-16-7-6-13(19)17-10-4-5-12(15)11(8-10)14(20)18-9-2-3-9;/h4-5,8-9,16H,2-3,6-7H2,1H3,(H,17,19)(H,18,20);1H. The van der Waals surface area contributed by atoms with Gasteiger partial charge in [-0.25, -0.2) is 0 Å². The summed E-state index contributed by atoms with van der Waals surface area (Å²) >= 11 is 6.03. The third-order valence-electron chi connectivity index (χ3n) is 3.01. The molecule has 3 N–H and O–H groups in total. The Morgan fingerprint density at radius 3 is 2.67 bits per heavy atom. The SMILES string of the molecule is CNCCC(=O)Nc1ccc(Cl)c(C(=O)NC2CC2)c1.Cl. The van der Waals surface area contributed by atoms with Crippen molar-refractivity contribution in [1.29, 1.82) is 0 Å². The highest BCUT2D eigenvalue weighted by Gasteiger charge is 2.24. The van der Waals surface area contributed by atoms with Crippen molar-refractivity contribution in [3.8, 4) is 0 Å². The summed E-state index contributed by atoms with van der Waals surface area (Å²) in [5.41, 5.74) is 0.974. The van der Waals surface area contributed by atoms with Crippen LogP contribution in [0.4, 0.5) is 5.69 Å². The van der Waals surface area contributed by atoms with E-state index in [0.717, 1.165) is 12.8 Å². The Bertz CT molecular complexity index is 519. The Kier molecular flexibility index (Phi) is 6.95. The molecule has 1 fully saturated rings. The summed E-state index contributed by atoms with van der Waals surface area (Å²) in [7, 11) is 1.79. The molecule has 1 aliphatic rings. The van der Waals surface area contributed by atoms with E-state index in [1.807, 2.05) is 0 Å². The van der Waals surface area contributed by atoms with Crippen molar-refractivity contribution in [2.75, 3.05) is 18.9 Å². The lowest BCUT2D eigenvalue weighted by molar-refractivity contribution is -0.116. The average molecular weight is 332 g/mol. The van der Waals surface area contributed by atoms with Gasteiger partial charge < -0.3 is 16.0 Å². The summed E-state index contributed by atoms with van der Waals surface area (Å²) in [6.45, 7) is 0.606. The van der Waals surface area contributed by atoms with Gasteiger partial charge >= 0.3 is 0 Å². The number of carbonyl (C=O) groups is 2. The molecule has 1 aromatic rings. The zero-order valence-electron chi connectivity index (χ0n) is 11.7. The predicted octanol–water partition coefficient (Wildman–Crippen LogP) is 2.20. The molecule has 0 unspecified atom stereocenters. The highest BCUT2D eigenvalue weighted by Crippen LogP contribution is 2.23. The van der Waals surface area contributed by atoms with Gasteiger partial charge in [-0.15, -0.1) is 12.4 Å². The van der Waals surface area contributed by atoms with Gasteiger partial charge in [0.1, 0.15) is 0 Å². The van der Waals surface area contributed by atoms with Crippen molar-refractivity contribution in [3.05, 3.63) is 28.8 Å². The van der Waals surface area contributed by atoms with E-state index in [9.17, 15) is 9.59 Å². The predicted molar refractivity (Wildman–Crippen MR) is 86.4 cm³/mol. The van der Waals surface area contributed by atoms with Crippen molar-refractivity contribution in [2.45, 2.75) is 25.3 Å². The van der Waals surface area contributed by atoms with Gasteiger partial charge in [0.2, 0.25) is 5.91 Å². The first-order valence-electron chi connectivity index (χ1n) is 6.65. The second kappa shape index (κ2) is 8.22. The maximum Gasteiger partial charge on any atom is 0.253 e. The summed E-state index contributed by atoms with van der Waals surface area (Å²) < 4.78 is 0. The molecule has 2 rings (SSSR count). The Hall–Kier alpha value is -1.30. The van der Waals surface area contributed by atoms with Crippen LogP contribution in [0.2, 0.25) is 5.02 Å². The van der Waals surface area contributed by atoms with Crippen LogP contribution < -0.4 is 16.0 Å². The summed E-state index contributed by atoms with van der Waals surface area (Å²) in [4.78, 5) is 23.6. The van der Waals surface area contributed by atoms with Crippen LogP contribution in [-0.4, -0.2) is 31.4 Å². The number of amides is 2. The minimum Gasteiger partial charge on any atom is -0.349 e. The Balaban J connectivity index is 0.00000220. The smallest absolute Gasteiger partial charge is 0.253 e. The topological polar surface area (TPSA) is 70.2 Å². The number of nitrogens with one attached hydrogen (secondary N) is 3. The first-order valence-corrected chi connectivity index (χ1v) is 7.03. The molecule has 21 heavy (non-hydrogen) atoms. The monoisotopic (exact) mass is 331 g/mol. The summed E-state index contributed by atoms with van der Waals surface area (Å²) in [5.74, 6) is -0.293. The highest BCUT2D eigenvalue weighted by atomic mass is 35.5. The first-order chi connectivity index (χ1) is 9.60. The van der Waals surface area contributed by atoms with Gasteiger partial charge in [-0.1, -0.05) is 11.6 Å². The minimum absolute atomic E-state index is 0. The number of benzene rings is 1. The molecule has 0 spiro atoms. The first kappa shape index (κ1) is 17.8. The zero-order chi connectivity index (χ0) is 14.5. The van der Waals surface area contributed by atoms with E-state index in [0.29, 0.717) is 29.2 Å². The number of halogens is 2. The zero-order valence-corrected chi connectivity index (χ0v) is 13.3. The lowest BCUT2D eigenvalue weighted by atomic mass is 10.1. The number of hydrogen-bond acceptors (Lipinski definition) is 3. The van der Waals surface area contributed by atoms with Crippen LogP contribution in [0.1, 0.15) is 29.6 Å². The van der Waals surface area contributed by atoms with Crippen molar-refractivity contribution in [3.63, 3.8) is 0 Å². The van der Waals surface area contributed by atoms with Crippen LogP contribution >= 0.6 is 24.0 Å². The second-order valence-electron chi connectivity index (χ2n) is 4.84. The number of hydrogen-bond donors (Lipinski definition) is 3. The van der Waals surface area contributed by atoms with E-state index in [4.69, 9.17) is 11.6 Å². The second-order valence-corrected chi connectivity index (χ2v) is 5.25. The van der Waals surface area contributed by atoms with Gasteiger partial charge in [-0.05, 0) is 38.1 Å². The fourth-order valence-electron chi connectivity index (χ4n) is 1.73. The van der Waals surface area contributed by atoms with Crippen LogP contribution in [0.3, 0.4) is 0 Å². The highest BCUT2D eigenvalue weighted by molar-refractivity contribution is 6.34. The Labute approximate surface area is 135 Å². The average Bonchev–Trinajstić information content (AvgIpc) is 3.22. The van der Waals surface area contributed by atoms with E-state index in [-0.39, 0.29) is 30.3 Å². The van der Waals surface area contributed by atoms with E-state index >= 15 is 0 Å². The minimum atomic E-state index is -0.191. The fraction of sp³-hybridized carbons (Fsp3) is 0.429. The van der Waals surface area contributed by atoms with Crippen LogP contribution in [0.15, 0.2) is 18.2 Å². The summed E-state index contributed by atoms with van der Waals surface area (Å²) in [6, 6.07) is 5.19. The molecule has 1 aromatic carbocycles. The number of carbonyl (C=O) groups excluding carboxylic acids is 2. The van der Waals surface area contributed by atoms with E-state index in [1.165, 1.54) is 0 Å². The van der Waals surface area contributed by atoms with Gasteiger partial charge in [0.15, 0.2) is 0 Å². The molecule has 0 aromatic heterocycles. The van der Waals surface area contributed by atoms with E-state index in [1.54, 1.807) is 25.2 Å². The molecule has 0 heterocycles. The summed E-state index contributed by atoms with van der Waals surface area (Å²) in [6.07, 6.45) is 2.41. The normalized spacial score (nSPS) is 13.2. The quantitative estimate of drug-likeness (QED) is 0.748. The lowest BCUT2D eigenvalue weighted by Crippen LogP contribution is -2.26. The van der Waals surface area contributed by atoms with Crippen LogP contribution in [0.5, 0.6) is 0 Å². The fourth-order valence-corrected chi connectivity index (χ4v) is 1.93. The molecule has 0 bridgehead atoms. The maximum atomic E-state index is 12.0. The molecule has 116 valence electrons. The van der Waals surface area contributed by atoms with Gasteiger partial charge in [-0.2, -0.15) is 0 Å². The molecule has 1 saturated carbocycles. The third-order valence-corrected chi connectivity index (χ3v) is 3.34. The van der Waals surface area contributed by atoms with Crippen molar-refractivity contribution < 1.29 is 9.59 Å². The van der Waals surface area contributed by atoms with Crippen LogP contribution in [-0.2, 0) is 4.79 Å². The van der Waals surface area contributed by atoms with Crippen molar-refractivity contribution in [2.24, 2.45) is 0 Å². The van der Waals surface area contributed by atoms with Crippen molar-refractivity contribution >= 4 is 41.5 Å². The van der Waals surface area contributed by atoms with Gasteiger partial charge in [-0.3, -0.25) is 9.59 Å². The molecular weight excluding hydrogens is 313 g/mol. The molecule has 0 aliphatic heterocycles. The van der Waals surface area contributed by atoms with E-state index < -0.39 is 0 Å². The Morgan fingerprint density at radius 1 is 1.33 bits per heavy atom. The molecule has 0 atom stereocenters. The van der Waals surface area contributed by atoms with Gasteiger partial charge in [0.05, 0.1) is 10.6 Å². The largest absolute Gasteiger partial charge is 0.349 e. The molecule has 0 radical (unpaired) electrons. The van der Waals surface area contributed by atoms with E-state index in [2.05, 4.69) is 16.0 Å². The maximum absolute atomic E-state index is 12.0. The molecule has 5 nitrogen and oxygen atoms in total. The molecule has 7 heteroatoms. The molecular formula is C14H19Cl2N3O2. The molecule has 0 saturated heterocycles. The Morgan fingerprint density at radius 2 is 2.05 bits per heavy atom. The summed E-state index contributed by atoms with van der Waals surface area (Å²) in [5, 5.41) is 8.92. The van der Waals surface area contributed by atoms with Crippen molar-refractivity contribution in [1.82, 2.24) is 10.6 Å². The molecule has 2 amide bonds.